The predicted molar refractivity (Wildman–Crippen MR) is 84.6 cm³/mol. The van der Waals surface area contributed by atoms with Gasteiger partial charge in [0.25, 0.3) is 5.91 Å². The Morgan fingerprint density at radius 3 is 2.86 bits per heavy atom. The summed E-state index contributed by atoms with van der Waals surface area (Å²) in [6.45, 7) is 2.23. The Bertz CT molecular complexity index is 712. The van der Waals surface area contributed by atoms with Crippen LogP contribution in [0.15, 0.2) is 30.3 Å². The Balaban J connectivity index is 1.90. The molecule has 1 atom stereocenters. The number of hydrogen-bond donors (Lipinski definition) is 1. The summed E-state index contributed by atoms with van der Waals surface area (Å²) in [5, 5.41) is 13.0. The van der Waals surface area contributed by atoms with Crippen molar-refractivity contribution in [2.45, 2.75) is 26.2 Å². The van der Waals surface area contributed by atoms with Crippen LogP contribution >= 0.6 is 11.3 Å². The number of nitrogens with one attached hydrogen (secondary N) is 1. The van der Waals surface area contributed by atoms with Gasteiger partial charge in [0.05, 0.1) is 5.56 Å². The fourth-order valence-electron chi connectivity index (χ4n) is 2.72. The Morgan fingerprint density at radius 1 is 1.38 bits per heavy atom. The number of hydrogen-bond acceptors (Lipinski definition) is 3. The largest absolute Gasteiger partial charge is 0.312 e. The number of fused-ring (bicyclic) bond motifs is 1. The lowest BCUT2D eigenvalue weighted by Gasteiger charge is -2.17. The van der Waals surface area contributed by atoms with Gasteiger partial charge in [0, 0.05) is 10.4 Å². The number of benzene rings is 1. The molecule has 0 aliphatic heterocycles. The minimum atomic E-state index is -0.154. The van der Waals surface area contributed by atoms with Gasteiger partial charge < -0.3 is 5.32 Å². The highest BCUT2D eigenvalue weighted by Gasteiger charge is 2.24. The number of thiophene rings is 1. The molecule has 1 aliphatic carbocycles. The van der Waals surface area contributed by atoms with Crippen molar-refractivity contribution in [1.82, 2.24) is 0 Å². The molecule has 0 spiro atoms. The van der Waals surface area contributed by atoms with Crippen molar-refractivity contribution in [2.24, 2.45) is 5.92 Å². The molecule has 2 aromatic rings. The maximum Gasteiger partial charge on any atom is 0.256 e. The van der Waals surface area contributed by atoms with Crippen LogP contribution in [0.4, 0.5) is 5.00 Å². The van der Waals surface area contributed by atoms with Crippen molar-refractivity contribution in [1.29, 1.82) is 5.26 Å². The lowest BCUT2D eigenvalue weighted by Crippen LogP contribution is -2.12. The van der Waals surface area contributed by atoms with E-state index >= 15 is 0 Å². The van der Waals surface area contributed by atoms with Crippen LogP contribution in [0, 0.1) is 17.2 Å². The van der Waals surface area contributed by atoms with Gasteiger partial charge in [-0.05, 0) is 42.9 Å². The standard InChI is InChI=1S/C17H16N2OS/c1-11-7-8-13-14(10-18)17(21-15(13)9-11)19-16(20)12-5-3-2-4-6-12/h2-6,11H,7-9H2,1H3,(H,19,20)/t11-/m0/s1. The molecule has 0 saturated carbocycles. The second-order valence-electron chi connectivity index (χ2n) is 5.49. The molecule has 0 bridgehead atoms. The lowest BCUT2D eigenvalue weighted by molar-refractivity contribution is 0.102. The average Bonchev–Trinajstić information content (AvgIpc) is 2.84. The first-order valence-electron chi connectivity index (χ1n) is 7.10. The molecule has 1 N–H and O–H groups in total. The lowest BCUT2D eigenvalue weighted by atomic mass is 9.88. The molecule has 1 heterocycles. The van der Waals surface area contributed by atoms with Gasteiger partial charge in [-0.3, -0.25) is 4.79 Å². The summed E-state index contributed by atoms with van der Waals surface area (Å²) in [6, 6.07) is 11.4. The molecule has 0 fully saturated rings. The van der Waals surface area contributed by atoms with Crippen molar-refractivity contribution in [3.8, 4) is 6.07 Å². The van der Waals surface area contributed by atoms with E-state index in [0.29, 0.717) is 22.0 Å². The van der Waals surface area contributed by atoms with Crippen LogP contribution in [-0.2, 0) is 12.8 Å². The third kappa shape index (κ3) is 2.70. The molecule has 1 aromatic heterocycles. The maximum absolute atomic E-state index is 12.2. The Hall–Kier alpha value is -2.12. The van der Waals surface area contributed by atoms with Crippen LogP contribution in [0.5, 0.6) is 0 Å². The molecule has 1 amide bonds. The van der Waals surface area contributed by atoms with Gasteiger partial charge in [-0.15, -0.1) is 11.3 Å². The summed E-state index contributed by atoms with van der Waals surface area (Å²) in [6.07, 6.45) is 3.07. The van der Waals surface area contributed by atoms with Crippen LogP contribution in [0.25, 0.3) is 0 Å². The highest BCUT2D eigenvalue weighted by atomic mass is 32.1. The van der Waals surface area contributed by atoms with Gasteiger partial charge in [-0.1, -0.05) is 25.1 Å². The summed E-state index contributed by atoms with van der Waals surface area (Å²) in [5.41, 5.74) is 2.41. The van der Waals surface area contributed by atoms with E-state index in [2.05, 4.69) is 18.3 Å². The quantitative estimate of drug-likeness (QED) is 0.910. The van der Waals surface area contributed by atoms with Gasteiger partial charge in [-0.25, -0.2) is 0 Å². The fourth-order valence-corrected chi connectivity index (χ4v) is 4.08. The van der Waals surface area contributed by atoms with Crippen LogP contribution < -0.4 is 5.32 Å². The molecule has 1 aromatic carbocycles. The zero-order valence-corrected chi connectivity index (χ0v) is 12.7. The highest BCUT2D eigenvalue weighted by Crippen LogP contribution is 2.39. The molecule has 0 saturated heterocycles. The summed E-state index contributed by atoms with van der Waals surface area (Å²) in [5.74, 6) is 0.499. The van der Waals surface area contributed by atoms with Crippen LogP contribution in [-0.4, -0.2) is 5.91 Å². The van der Waals surface area contributed by atoms with E-state index < -0.39 is 0 Å². The Labute approximate surface area is 128 Å². The van der Waals surface area contributed by atoms with Gasteiger partial charge >= 0.3 is 0 Å². The minimum absolute atomic E-state index is 0.154. The van der Waals surface area contributed by atoms with Gasteiger partial charge in [0.1, 0.15) is 11.1 Å². The summed E-state index contributed by atoms with van der Waals surface area (Å²) in [4.78, 5) is 13.5. The van der Waals surface area contributed by atoms with Crippen LogP contribution in [0.2, 0.25) is 0 Å². The predicted octanol–water partition coefficient (Wildman–Crippen LogP) is 4.00. The first kappa shape index (κ1) is 13.8. The second kappa shape index (κ2) is 5.71. The topological polar surface area (TPSA) is 52.9 Å². The average molecular weight is 296 g/mol. The third-order valence-electron chi connectivity index (χ3n) is 3.89. The van der Waals surface area contributed by atoms with E-state index in [1.165, 1.54) is 4.88 Å². The number of carbonyl (C=O) groups is 1. The minimum Gasteiger partial charge on any atom is -0.312 e. The van der Waals surface area contributed by atoms with Crippen molar-refractivity contribution in [2.75, 3.05) is 5.32 Å². The number of anilines is 1. The zero-order chi connectivity index (χ0) is 14.8. The normalized spacial score (nSPS) is 16.9. The number of nitrogens with zero attached hydrogens (tertiary/aromatic N) is 1. The van der Waals surface area contributed by atoms with Gasteiger partial charge in [-0.2, -0.15) is 5.26 Å². The second-order valence-corrected chi connectivity index (χ2v) is 6.59. The van der Waals surface area contributed by atoms with E-state index in [1.54, 1.807) is 23.5 Å². The van der Waals surface area contributed by atoms with Crippen LogP contribution in [0.3, 0.4) is 0 Å². The molecule has 4 heteroatoms. The number of rotatable bonds is 2. The maximum atomic E-state index is 12.2. The Kier molecular flexibility index (Phi) is 3.76. The summed E-state index contributed by atoms with van der Waals surface area (Å²) in [7, 11) is 0. The fraction of sp³-hybridized carbons (Fsp3) is 0.294. The molecule has 0 radical (unpaired) electrons. The first-order chi connectivity index (χ1) is 10.2. The molecule has 3 rings (SSSR count). The number of nitriles is 1. The first-order valence-corrected chi connectivity index (χ1v) is 7.91. The van der Waals surface area contributed by atoms with Crippen molar-refractivity contribution in [3.05, 3.63) is 51.9 Å². The van der Waals surface area contributed by atoms with E-state index in [0.717, 1.165) is 24.8 Å². The Morgan fingerprint density at radius 2 is 2.14 bits per heavy atom. The van der Waals surface area contributed by atoms with E-state index in [1.807, 2.05) is 18.2 Å². The molecule has 1 aliphatic rings. The SMILES string of the molecule is C[C@H]1CCc2c(sc(NC(=O)c3ccccc3)c2C#N)C1. The highest BCUT2D eigenvalue weighted by molar-refractivity contribution is 7.16. The molecule has 106 valence electrons. The molecule has 21 heavy (non-hydrogen) atoms. The smallest absolute Gasteiger partial charge is 0.256 e. The van der Waals surface area contributed by atoms with E-state index in [4.69, 9.17) is 0 Å². The monoisotopic (exact) mass is 296 g/mol. The van der Waals surface area contributed by atoms with Gasteiger partial charge in [0.2, 0.25) is 0 Å². The van der Waals surface area contributed by atoms with Gasteiger partial charge in [0.15, 0.2) is 0 Å². The van der Waals surface area contributed by atoms with Crippen LogP contribution in [0.1, 0.15) is 39.7 Å². The summed E-state index contributed by atoms with van der Waals surface area (Å²) < 4.78 is 0. The third-order valence-corrected chi connectivity index (χ3v) is 5.06. The summed E-state index contributed by atoms with van der Waals surface area (Å²) >= 11 is 1.56. The van der Waals surface area contributed by atoms with E-state index in [9.17, 15) is 10.1 Å². The molecular formula is C17H16N2OS. The van der Waals surface area contributed by atoms with Crippen molar-refractivity contribution >= 4 is 22.2 Å². The van der Waals surface area contributed by atoms with Crippen molar-refractivity contribution < 1.29 is 4.79 Å². The molecule has 3 nitrogen and oxygen atoms in total. The molecule has 0 unspecified atom stereocenters. The number of amides is 1. The molecular weight excluding hydrogens is 280 g/mol. The van der Waals surface area contributed by atoms with E-state index in [-0.39, 0.29) is 5.91 Å². The van der Waals surface area contributed by atoms with Crippen molar-refractivity contribution in [3.63, 3.8) is 0 Å². The number of carbonyl (C=O) groups excluding carboxylic acids is 1. The zero-order valence-electron chi connectivity index (χ0n) is 11.8.